The second-order valence-corrected chi connectivity index (χ2v) is 6.94. The quantitative estimate of drug-likeness (QED) is 0.350. The summed E-state index contributed by atoms with van der Waals surface area (Å²) in [6.07, 6.45) is 0.719. The molecule has 0 aromatic carbocycles. The summed E-state index contributed by atoms with van der Waals surface area (Å²) in [5.74, 6) is -0.448. The van der Waals surface area contributed by atoms with Gasteiger partial charge < -0.3 is 18.9 Å². The summed E-state index contributed by atoms with van der Waals surface area (Å²) in [6.45, 7) is 5.91. The van der Waals surface area contributed by atoms with Gasteiger partial charge in [-0.25, -0.2) is 0 Å². The van der Waals surface area contributed by atoms with Crippen LogP contribution in [0.1, 0.15) is 47.0 Å². The van der Waals surface area contributed by atoms with Crippen LogP contribution in [-0.4, -0.2) is 54.0 Å². The Hall–Kier alpha value is -1.28. The molecule has 0 aliphatic carbocycles. The van der Waals surface area contributed by atoms with Crippen molar-refractivity contribution in [1.82, 2.24) is 0 Å². The predicted molar refractivity (Wildman–Crippen MR) is 88.4 cm³/mol. The van der Waals surface area contributed by atoms with E-state index in [1.807, 2.05) is 0 Å². The lowest BCUT2D eigenvalue weighted by molar-refractivity contribution is -0.189. The Morgan fingerprint density at radius 2 is 1.88 bits per heavy atom. The summed E-state index contributed by atoms with van der Waals surface area (Å²) >= 11 is 1.69. The highest BCUT2D eigenvalue weighted by Gasteiger charge is 2.43. The number of thioether (sulfide) groups is 1. The monoisotopic (exact) mass is 362 g/mol. The summed E-state index contributed by atoms with van der Waals surface area (Å²) in [5, 5.41) is -0.0131. The van der Waals surface area contributed by atoms with E-state index in [9.17, 15) is 14.4 Å². The summed E-state index contributed by atoms with van der Waals surface area (Å²) < 4.78 is 21.2. The molecule has 1 fully saturated rings. The van der Waals surface area contributed by atoms with Crippen LogP contribution in [0, 0.1) is 0 Å². The molecule has 138 valence electrons. The fraction of sp³-hybridized carbons (Fsp3) is 0.812. The zero-order valence-corrected chi connectivity index (χ0v) is 15.4. The minimum atomic E-state index is -0.730. The molecule has 0 aromatic rings. The van der Waals surface area contributed by atoms with E-state index in [1.165, 1.54) is 20.8 Å². The Bertz CT molecular complexity index is 440. The van der Waals surface area contributed by atoms with Crippen LogP contribution >= 0.6 is 11.8 Å². The van der Waals surface area contributed by atoms with E-state index >= 15 is 0 Å². The molecule has 1 heterocycles. The van der Waals surface area contributed by atoms with Crippen LogP contribution in [0.4, 0.5) is 0 Å². The van der Waals surface area contributed by atoms with Crippen LogP contribution < -0.4 is 0 Å². The van der Waals surface area contributed by atoms with Gasteiger partial charge >= 0.3 is 17.9 Å². The summed E-state index contributed by atoms with van der Waals surface area (Å²) in [4.78, 5) is 33.6. The van der Waals surface area contributed by atoms with Gasteiger partial charge in [0.1, 0.15) is 12.7 Å². The SMILES string of the molecule is CCCCS[C@@H]1CC(OC(C)=O)O[C@@H]1[C@@H](COC(C)=O)OC(C)=O. The molecule has 1 saturated heterocycles. The van der Waals surface area contributed by atoms with Crippen molar-refractivity contribution in [3.8, 4) is 0 Å². The number of unbranched alkanes of at least 4 members (excludes halogenated alkanes) is 1. The predicted octanol–water partition coefficient (Wildman–Crippen LogP) is 2.06. The molecular weight excluding hydrogens is 336 g/mol. The highest BCUT2D eigenvalue weighted by atomic mass is 32.2. The maximum Gasteiger partial charge on any atom is 0.304 e. The minimum Gasteiger partial charge on any atom is -0.462 e. The Kier molecular flexibility index (Phi) is 9.13. The van der Waals surface area contributed by atoms with Crippen LogP contribution in [-0.2, 0) is 33.3 Å². The Balaban J connectivity index is 2.80. The molecule has 0 amide bonds. The first-order valence-corrected chi connectivity index (χ1v) is 9.13. The van der Waals surface area contributed by atoms with Gasteiger partial charge in [-0.1, -0.05) is 13.3 Å². The normalized spacial score (nSPS) is 24.2. The molecule has 1 aliphatic rings. The maximum atomic E-state index is 11.4. The fourth-order valence-electron chi connectivity index (χ4n) is 2.38. The van der Waals surface area contributed by atoms with E-state index in [0.717, 1.165) is 18.6 Å². The Labute approximate surface area is 146 Å². The highest BCUT2D eigenvalue weighted by Crippen LogP contribution is 2.34. The number of rotatable bonds is 9. The first-order chi connectivity index (χ1) is 11.3. The molecule has 0 aromatic heterocycles. The van der Waals surface area contributed by atoms with Crippen LogP contribution in [0.3, 0.4) is 0 Å². The largest absolute Gasteiger partial charge is 0.462 e. The van der Waals surface area contributed by atoms with Gasteiger partial charge in [-0.05, 0) is 12.2 Å². The second-order valence-electron chi connectivity index (χ2n) is 5.59. The standard InChI is InChI=1S/C16H26O7S/c1-5-6-7-24-14-8-15(22-12(4)19)23-16(14)13(21-11(3)18)9-20-10(2)17/h13-16H,5-9H2,1-4H3/t13-,14-,15?,16-/m1/s1. The van der Waals surface area contributed by atoms with E-state index in [4.69, 9.17) is 18.9 Å². The first-order valence-electron chi connectivity index (χ1n) is 8.08. The van der Waals surface area contributed by atoms with Crippen molar-refractivity contribution in [2.24, 2.45) is 0 Å². The molecule has 1 unspecified atom stereocenters. The van der Waals surface area contributed by atoms with E-state index in [0.29, 0.717) is 6.42 Å². The van der Waals surface area contributed by atoms with E-state index in [2.05, 4.69) is 6.92 Å². The van der Waals surface area contributed by atoms with Gasteiger partial charge in [-0.2, -0.15) is 11.8 Å². The lowest BCUT2D eigenvalue weighted by Gasteiger charge is -2.26. The van der Waals surface area contributed by atoms with Crippen LogP contribution in [0.5, 0.6) is 0 Å². The van der Waals surface area contributed by atoms with Gasteiger partial charge in [0.15, 0.2) is 6.10 Å². The van der Waals surface area contributed by atoms with Gasteiger partial charge in [0.25, 0.3) is 0 Å². The molecule has 4 atom stereocenters. The third-order valence-electron chi connectivity index (χ3n) is 3.36. The molecule has 0 N–H and O–H groups in total. The topological polar surface area (TPSA) is 88.1 Å². The number of carbonyl (C=O) groups is 3. The highest BCUT2D eigenvalue weighted by molar-refractivity contribution is 7.99. The van der Waals surface area contributed by atoms with Gasteiger partial charge in [0, 0.05) is 32.4 Å². The average Bonchev–Trinajstić information content (AvgIpc) is 2.85. The number of carbonyl (C=O) groups excluding carboxylic acids is 3. The van der Waals surface area contributed by atoms with Crippen molar-refractivity contribution < 1.29 is 33.3 Å². The van der Waals surface area contributed by atoms with Crippen molar-refractivity contribution in [3.63, 3.8) is 0 Å². The van der Waals surface area contributed by atoms with Crippen molar-refractivity contribution in [2.45, 2.75) is 70.7 Å². The zero-order chi connectivity index (χ0) is 18.1. The molecular formula is C16H26O7S. The zero-order valence-electron chi connectivity index (χ0n) is 14.6. The van der Waals surface area contributed by atoms with E-state index < -0.39 is 36.4 Å². The number of esters is 3. The molecule has 1 aliphatic heterocycles. The van der Waals surface area contributed by atoms with Crippen molar-refractivity contribution in [3.05, 3.63) is 0 Å². The van der Waals surface area contributed by atoms with Crippen LogP contribution in [0.2, 0.25) is 0 Å². The fourth-order valence-corrected chi connectivity index (χ4v) is 3.86. The van der Waals surface area contributed by atoms with Gasteiger partial charge in [-0.3, -0.25) is 14.4 Å². The lowest BCUT2D eigenvalue weighted by Crippen LogP contribution is -2.40. The van der Waals surface area contributed by atoms with E-state index in [1.54, 1.807) is 11.8 Å². The lowest BCUT2D eigenvalue weighted by atomic mass is 10.1. The second kappa shape index (κ2) is 10.6. The maximum absolute atomic E-state index is 11.4. The van der Waals surface area contributed by atoms with Gasteiger partial charge in [0.2, 0.25) is 6.29 Å². The third-order valence-corrected chi connectivity index (χ3v) is 4.78. The molecule has 7 nitrogen and oxygen atoms in total. The first kappa shape index (κ1) is 20.8. The van der Waals surface area contributed by atoms with E-state index in [-0.39, 0.29) is 11.9 Å². The van der Waals surface area contributed by atoms with Crippen molar-refractivity contribution >= 4 is 29.7 Å². The molecule has 0 saturated carbocycles. The number of hydrogen-bond acceptors (Lipinski definition) is 8. The summed E-state index contributed by atoms with van der Waals surface area (Å²) in [7, 11) is 0. The Morgan fingerprint density at radius 1 is 1.17 bits per heavy atom. The number of ether oxygens (including phenoxy) is 4. The van der Waals surface area contributed by atoms with Crippen LogP contribution in [0.15, 0.2) is 0 Å². The molecule has 1 rings (SSSR count). The summed E-state index contributed by atoms with van der Waals surface area (Å²) in [5.41, 5.74) is 0. The number of hydrogen-bond donors (Lipinski definition) is 0. The average molecular weight is 362 g/mol. The van der Waals surface area contributed by atoms with Crippen LogP contribution in [0.25, 0.3) is 0 Å². The third kappa shape index (κ3) is 7.53. The van der Waals surface area contributed by atoms with Gasteiger partial charge in [-0.15, -0.1) is 0 Å². The van der Waals surface area contributed by atoms with Crippen molar-refractivity contribution in [2.75, 3.05) is 12.4 Å². The molecule has 0 bridgehead atoms. The molecule has 24 heavy (non-hydrogen) atoms. The molecule has 8 heteroatoms. The summed E-state index contributed by atoms with van der Waals surface area (Å²) in [6, 6.07) is 0. The Morgan fingerprint density at radius 3 is 2.42 bits per heavy atom. The molecule has 0 spiro atoms. The molecule has 0 radical (unpaired) electrons. The smallest absolute Gasteiger partial charge is 0.304 e. The van der Waals surface area contributed by atoms with Crippen molar-refractivity contribution in [1.29, 1.82) is 0 Å². The van der Waals surface area contributed by atoms with Gasteiger partial charge in [0.05, 0.1) is 0 Å². The minimum absolute atomic E-state index is 0.0131.